The van der Waals surface area contributed by atoms with Gasteiger partial charge in [0.15, 0.2) is 11.6 Å². The lowest BCUT2D eigenvalue weighted by molar-refractivity contribution is 0.101. The molecule has 3 aromatic rings. The molecule has 0 radical (unpaired) electrons. The summed E-state index contributed by atoms with van der Waals surface area (Å²) in [6, 6.07) is 3.62. The van der Waals surface area contributed by atoms with Crippen LogP contribution in [0, 0.1) is 5.92 Å². The molecule has 32 heavy (non-hydrogen) atoms. The Morgan fingerprint density at radius 2 is 2.06 bits per heavy atom. The van der Waals surface area contributed by atoms with Gasteiger partial charge in [0.2, 0.25) is 0 Å². The standard InChI is InChI=1S/C22H31N7O3/c1-22(2,3)20-18(10-23-27-20)32-11-13-6-14(7-13)16-9-19(26-25-16)24-21(30)17-8-15(12-31-5)28-29(17)4/h8-10,13-14H,6-7,11-12H2,1-5H3,(H,23,27)(H2,24,25,26,30). The monoisotopic (exact) mass is 441 g/mol. The first kappa shape index (κ1) is 22.1. The van der Waals surface area contributed by atoms with E-state index in [4.69, 9.17) is 9.47 Å². The van der Waals surface area contributed by atoms with Crippen LogP contribution in [0.4, 0.5) is 5.82 Å². The summed E-state index contributed by atoms with van der Waals surface area (Å²) in [4.78, 5) is 12.6. The van der Waals surface area contributed by atoms with Crippen LogP contribution in [0.2, 0.25) is 0 Å². The zero-order chi connectivity index (χ0) is 22.9. The Kier molecular flexibility index (Phi) is 6.05. The van der Waals surface area contributed by atoms with Gasteiger partial charge in [0.25, 0.3) is 5.91 Å². The molecule has 10 heteroatoms. The second kappa shape index (κ2) is 8.78. The average molecular weight is 442 g/mol. The maximum absolute atomic E-state index is 12.6. The fraction of sp³-hybridized carbons (Fsp3) is 0.545. The van der Waals surface area contributed by atoms with Crippen LogP contribution in [0.25, 0.3) is 0 Å². The summed E-state index contributed by atoms with van der Waals surface area (Å²) in [5.41, 5.74) is 3.17. The number of H-pyrrole nitrogens is 2. The maximum Gasteiger partial charge on any atom is 0.275 e. The van der Waals surface area contributed by atoms with E-state index in [-0.39, 0.29) is 11.3 Å². The van der Waals surface area contributed by atoms with Gasteiger partial charge in [-0.25, -0.2) is 0 Å². The fourth-order valence-electron chi connectivity index (χ4n) is 4.00. The van der Waals surface area contributed by atoms with E-state index in [0.717, 1.165) is 30.0 Å². The van der Waals surface area contributed by atoms with Gasteiger partial charge in [0.1, 0.15) is 5.69 Å². The molecule has 3 aromatic heterocycles. The first-order valence-corrected chi connectivity index (χ1v) is 10.8. The maximum atomic E-state index is 12.6. The third kappa shape index (κ3) is 4.69. The molecule has 0 atom stereocenters. The second-order valence-corrected chi connectivity index (χ2v) is 9.44. The molecule has 0 spiro atoms. The minimum Gasteiger partial charge on any atom is -0.490 e. The van der Waals surface area contributed by atoms with Crippen molar-refractivity contribution in [2.24, 2.45) is 13.0 Å². The van der Waals surface area contributed by atoms with Crippen LogP contribution in [0.15, 0.2) is 18.3 Å². The molecule has 0 bridgehead atoms. The van der Waals surface area contributed by atoms with Gasteiger partial charge < -0.3 is 14.8 Å². The van der Waals surface area contributed by atoms with Crippen LogP contribution >= 0.6 is 0 Å². The Morgan fingerprint density at radius 3 is 2.78 bits per heavy atom. The lowest BCUT2D eigenvalue weighted by Crippen LogP contribution is -2.28. The van der Waals surface area contributed by atoms with Crippen molar-refractivity contribution in [2.45, 2.75) is 51.6 Å². The number of ether oxygens (including phenoxy) is 2. The Morgan fingerprint density at radius 1 is 1.28 bits per heavy atom. The zero-order valence-electron chi connectivity index (χ0n) is 19.2. The van der Waals surface area contributed by atoms with Gasteiger partial charge in [0, 0.05) is 37.3 Å². The number of hydrogen-bond acceptors (Lipinski definition) is 6. The number of aromatic nitrogens is 6. The molecular weight excluding hydrogens is 410 g/mol. The van der Waals surface area contributed by atoms with E-state index in [2.05, 4.69) is 51.6 Å². The van der Waals surface area contributed by atoms with Gasteiger partial charge in [-0.3, -0.25) is 19.7 Å². The molecule has 1 amide bonds. The number of carbonyl (C=O) groups is 1. The Balaban J connectivity index is 1.27. The van der Waals surface area contributed by atoms with Gasteiger partial charge in [-0.05, 0) is 24.8 Å². The van der Waals surface area contributed by atoms with Crippen LogP contribution in [0.3, 0.4) is 0 Å². The van der Waals surface area contributed by atoms with Crippen molar-refractivity contribution >= 4 is 11.7 Å². The van der Waals surface area contributed by atoms with Crippen molar-refractivity contribution in [1.29, 1.82) is 0 Å². The van der Waals surface area contributed by atoms with Crippen molar-refractivity contribution in [3.63, 3.8) is 0 Å². The number of rotatable bonds is 8. The summed E-state index contributed by atoms with van der Waals surface area (Å²) in [6.07, 6.45) is 3.78. The molecule has 0 saturated heterocycles. The third-order valence-electron chi connectivity index (χ3n) is 5.80. The van der Waals surface area contributed by atoms with E-state index in [1.54, 1.807) is 31.1 Å². The van der Waals surface area contributed by atoms with Crippen molar-refractivity contribution < 1.29 is 14.3 Å². The molecule has 1 fully saturated rings. The number of carbonyl (C=O) groups excluding carboxylic acids is 1. The molecule has 1 aliphatic carbocycles. The summed E-state index contributed by atoms with van der Waals surface area (Å²) < 4.78 is 12.6. The number of anilines is 1. The third-order valence-corrected chi connectivity index (χ3v) is 5.80. The van der Waals surface area contributed by atoms with E-state index in [1.165, 1.54) is 0 Å². The predicted molar refractivity (Wildman–Crippen MR) is 119 cm³/mol. The average Bonchev–Trinajstić information content (AvgIpc) is 3.40. The van der Waals surface area contributed by atoms with Gasteiger partial charge in [0.05, 0.1) is 30.8 Å². The van der Waals surface area contributed by atoms with Crippen LogP contribution < -0.4 is 10.1 Å². The van der Waals surface area contributed by atoms with Gasteiger partial charge in [-0.2, -0.15) is 15.3 Å². The fourth-order valence-corrected chi connectivity index (χ4v) is 4.00. The summed E-state index contributed by atoms with van der Waals surface area (Å²) >= 11 is 0. The quantitative estimate of drug-likeness (QED) is 0.494. The topological polar surface area (TPSA) is 123 Å². The van der Waals surface area contributed by atoms with Crippen molar-refractivity contribution in [1.82, 2.24) is 30.2 Å². The highest BCUT2D eigenvalue weighted by Crippen LogP contribution is 2.42. The summed E-state index contributed by atoms with van der Waals surface area (Å²) in [5, 5.41) is 21.6. The molecule has 3 heterocycles. The highest BCUT2D eigenvalue weighted by atomic mass is 16.5. The molecule has 0 aliphatic heterocycles. The number of aromatic amines is 2. The lowest BCUT2D eigenvalue weighted by atomic mass is 9.74. The van der Waals surface area contributed by atoms with E-state index < -0.39 is 0 Å². The largest absolute Gasteiger partial charge is 0.490 e. The van der Waals surface area contributed by atoms with Crippen LogP contribution in [0.1, 0.15) is 67.1 Å². The smallest absolute Gasteiger partial charge is 0.275 e. The normalized spacial score (nSPS) is 18.4. The molecule has 1 saturated carbocycles. The number of nitrogens with zero attached hydrogens (tertiary/aromatic N) is 4. The number of aryl methyl sites for hydroxylation is 1. The Bertz CT molecular complexity index is 1070. The molecule has 4 rings (SSSR count). The summed E-state index contributed by atoms with van der Waals surface area (Å²) in [6.45, 7) is 7.43. The number of amides is 1. The first-order valence-electron chi connectivity index (χ1n) is 10.8. The van der Waals surface area contributed by atoms with Crippen molar-refractivity contribution in [3.05, 3.63) is 41.1 Å². The second-order valence-electron chi connectivity index (χ2n) is 9.44. The van der Waals surface area contributed by atoms with Crippen LogP contribution in [0.5, 0.6) is 5.75 Å². The van der Waals surface area contributed by atoms with Crippen LogP contribution in [-0.4, -0.2) is 49.8 Å². The van der Waals surface area contributed by atoms with E-state index in [0.29, 0.717) is 42.3 Å². The number of methoxy groups -OCH3 is 1. The first-order chi connectivity index (χ1) is 15.2. The summed E-state index contributed by atoms with van der Waals surface area (Å²) in [5.74, 6) is 1.95. The van der Waals surface area contributed by atoms with Crippen LogP contribution in [-0.2, 0) is 23.8 Å². The van der Waals surface area contributed by atoms with Crippen molar-refractivity contribution in [3.8, 4) is 5.75 Å². The molecule has 0 aromatic carbocycles. The van der Waals surface area contributed by atoms with Crippen molar-refractivity contribution in [2.75, 3.05) is 19.0 Å². The van der Waals surface area contributed by atoms with E-state index in [9.17, 15) is 4.79 Å². The molecule has 3 N–H and O–H groups in total. The zero-order valence-corrected chi connectivity index (χ0v) is 19.2. The molecule has 172 valence electrons. The highest BCUT2D eigenvalue weighted by Gasteiger charge is 2.33. The predicted octanol–water partition coefficient (Wildman–Crippen LogP) is 3.14. The Hall–Kier alpha value is -3.14. The van der Waals surface area contributed by atoms with Gasteiger partial charge in [-0.1, -0.05) is 20.8 Å². The molecule has 0 unspecified atom stereocenters. The SMILES string of the molecule is COCc1cc(C(=O)Nc2cc(C3CC(COc4cn[nH]c4C(C)(C)C)C3)[nH]n2)n(C)n1. The molecule has 1 aliphatic rings. The highest BCUT2D eigenvalue weighted by molar-refractivity contribution is 6.02. The minimum absolute atomic E-state index is 0.0362. The van der Waals surface area contributed by atoms with E-state index in [1.807, 2.05) is 6.07 Å². The van der Waals surface area contributed by atoms with E-state index >= 15 is 0 Å². The summed E-state index contributed by atoms with van der Waals surface area (Å²) in [7, 11) is 3.33. The lowest BCUT2D eigenvalue weighted by Gasteiger charge is -2.34. The minimum atomic E-state index is -0.255. The molecule has 10 nitrogen and oxygen atoms in total. The number of nitrogens with one attached hydrogen (secondary N) is 3. The molecular formula is C22H31N7O3. The Labute approximate surface area is 187 Å². The van der Waals surface area contributed by atoms with Gasteiger partial charge >= 0.3 is 0 Å². The van der Waals surface area contributed by atoms with Gasteiger partial charge in [-0.15, -0.1) is 0 Å². The number of hydrogen-bond donors (Lipinski definition) is 3.